The summed E-state index contributed by atoms with van der Waals surface area (Å²) in [4.78, 5) is 3.42. The molecule has 2 rings (SSSR count). The van der Waals surface area contributed by atoms with Gasteiger partial charge in [0.1, 0.15) is 15.7 Å². The van der Waals surface area contributed by atoms with Gasteiger partial charge >= 0.3 is 0 Å². The van der Waals surface area contributed by atoms with E-state index in [4.69, 9.17) is 18.0 Å². The summed E-state index contributed by atoms with van der Waals surface area (Å²) in [5, 5.41) is 0. The second-order valence-corrected chi connectivity index (χ2v) is 6.46. The molecule has 0 atom stereocenters. The summed E-state index contributed by atoms with van der Waals surface area (Å²) in [5.41, 5.74) is 7.06. The first-order valence-electron chi connectivity index (χ1n) is 5.83. The predicted molar refractivity (Wildman–Crippen MR) is 82.1 cm³/mol. The molecule has 0 bridgehead atoms. The highest BCUT2D eigenvalue weighted by Crippen LogP contribution is 2.21. The van der Waals surface area contributed by atoms with E-state index in [1.54, 1.807) is 19.1 Å². The molecule has 0 saturated heterocycles. The molecule has 1 aromatic heterocycles. The Hall–Kier alpha value is -2.06. The van der Waals surface area contributed by atoms with Gasteiger partial charge in [-0.2, -0.15) is 0 Å². The lowest BCUT2D eigenvalue weighted by atomic mass is 10.1. The summed E-state index contributed by atoms with van der Waals surface area (Å²) < 4.78 is 39.9. The Kier molecular flexibility index (Phi) is 4.19. The Morgan fingerprint density at radius 2 is 2.05 bits per heavy atom. The van der Waals surface area contributed by atoms with Gasteiger partial charge < -0.3 is 5.73 Å². The van der Waals surface area contributed by atoms with Gasteiger partial charge in [-0.25, -0.2) is 12.8 Å². The molecule has 0 aliphatic heterocycles. The number of nitrogens with one attached hydrogen (secondary N) is 1. The van der Waals surface area contributed by atoms with Gasteiger partial charge in [-0.05, 0) is 24.6 Å². The number of anilines is 1. The maximum absolute atomic E-state index is 13.1. The minimum absolute atomic E-state index is 0.155. The maximum atomic E-state index is 13.1. The molecule has 0 fully saturated rings. The van der Waals surface area contributed by atoms with Crippen LogP contribution in [0.4, 0.5) is 10.1 Å². The number of halogens is 1. The average molecular weight is 325 g/mol. The number of nitrogens with two attached hydrogens (primary N) is 1. The van der Waals surface area contributed by atoms with Crippen LogP contribution in [0, 0.1) is 12.7 Å². The standard InChI is InChI=1S/C13H12FN3O2S2/c1-8-2-3-9(13(15)20)4-12(8)17-21(18,19)11-5-10(14)6-16-7-11/h2-7,17H,1H3,(H2,15,20). The fourth-order valence-electron chi connectivity index (χ4n) is 1.63. The van der Waals surface area contributed by atoms with Crippen LogP contribution in [0.25, 0.3) is 0 Å². The second-order valence-electron chi connectivity index (χ2n) is 4.34. The minimum Gasteiger partial charge on any atom is -0.389 e. The number of hydrogen-bond acceptors (Lipinski definition) is 4. The number of aromatic nitrogens is 1. The van der Waals surface area contributed by atoms with Gasteiger partial charge in [-0.1, -0.05) is 24.4 Å². The quantitative estimate of drug-likeness (QED) is 0.840. The van der Waals surface area contributed by atoms with Crippen molar-refractivity contribution in [1.82, 2.24) is 4.98 Å². The van der Waals surface area contributed by atoms with Crippen molar-refractivity contribution in [2.45, 2.75) is 11.8 Å². The van der Waals surface area contributed by atoms with E-state index in [2.05, 4.69) is 9.71 Å². The van der Waals surface area contributed by atoms with E-state index in [1.807, 2.05) is 0 Å². The minimum atomic E-state index is -3.94. The Morgan fingerprint density at radius 3 is 2.67 bits per heavy atom. The SMILES string of the molecule is Cc1ccc(C(N)=S)cc1NS(=O)(=O)c1cncc(F)c1. The van der Waals surface area contributed by atoms with Crippen LogP contribution >= 0.6 is 12.2 Å². The third-order valence-corrected chi connectivity index (χ3v) is 4.32. The number of nitrogens with zero attached hydrogens (tertiary/aromatic N) is 1. The summed E-state index contributed by atoms with van der Waals surface area (Å²) in [5.74, 6) is -0.730. The normalized spacial score (nSPS) is 11.1. The van der Waals surface area contributed by atoms with Crippen molar-refractivity contribution in [1.29, 1.82) is 0 Å². The predicted octanol–water partition coefficient (Wildman–Crippen LogP) is 1.96. The van der Waals surface area contributed by atoms with E-state index in [0.717, 1.165) is 18.5 Å². The topological polar surface area (TPSA) is 85.1 Å². The van der Waals surface area contributed by atoms with E-state index < -0.39 is 15.8 Å². The number of benzene rings is 1. The molecule has 0 aliphatic rings. The third kappa shape index (κ3) is 3.53. The van der Waals surface area contributed by atoms with Crippen LogP contribution in [-0.4, -0.2) is 18.4 Å². The fraction of sp³-hybridized carbons (Fsp3) is 0.0769. The van der Waals surface area contributed by atoms with Crippen molar-refractivity contribution in [3.05, 3.63) is 53.6 Å². The molecule has 0 radical (unpaired) electrons. The molecule has 1 aromatic carbocycles. The summed E-state index contributed by atoms with van der Waals surface area (Å²) in [6.45, 7) is 1.73. The monoisotopic (exact) mass is 325 g/mol. The van der Waals surface area contributed by atoms with Crippen molar-refractivity contribution in [3.63, 3.8) is 0 Å². The van der Waals surface area contributed by atoms with Gasteiger partial charge in [0.05, 0.1) is 11.9 Å². The summed E-state index contributed by atoms with van der Waals surface area (Å²) in [6, 6.07) is 5.80. The number of rotatable bonds is 4. The molecule has 3 N–H and O–H groups in total. The highest BCUT2D eigenvalue weighted by Gasteiger charge is 2.17. The van der Waals surface area contributed by atoms with Crippen LogP contribution in [0.5, 0.6) is 0 Å². The Labute approximate surface area is 127 Å². The molecule has 1 heterocycles. The summed E-state index contributed by atoms with van der Waals surface area (Å²) >= 11 is 4.86. The Balaban J connectivity index is 2.41. The van der Waals surface area contributed by atoms with E-state index in [1.165, 1.54) is 6.07 Å². The summed E-state index contributed by atoms with van der Waals surface area (Å²) in [7, 11) is -3.94. The van der Waals surface area contributed by atoms with Crippen LogP contribution < -0.4 is 10.5 Å². The molecule has 0 saturated carbocycles. The van der Waals surface area contributed by atoms with Crippen LogP contribution in [-0.2, 0) is 10.0 Å². The first-order chi connectivity index (χ1) is 9.79. The number of aryl methyl sites for hydroxylation is 1. The first kappa shape index (κ1) is 15.3. The number of pyridine rings is 1. The van der Waals surface area contributed by atoms with Gasteiger partial charge in [0.25, 0.3) is 10.0 Å². The highest BCUT2D eigenvalue weighted by molar-refractivity contribution is 7.92. The van der Waals surface area contributed by atoms with Gasteiger partial charge in [0.15, 0.2) is 0 Å². The highest BCUT2D eigenvalue weighted by atomic mass is 32.2. The second kappa shape index (κ2) is 5.74. The van der Waals surface area contributed by atoms with E-state index in [9.17, 15) is 12.8 Å². The van der Waals surface area contributed by atoms with Gasteiger partial charge in [0, 0.05) is 11.8 Å². The largest absolute Gasteiger partial charge is 0.389 e. The molecular weight excluding hydrogens is 313 g/mol. The van der Waals surface area contributed by atoms with Crippen LogP contribution in [0.2, 0.25) is 0 Å². The van der Waals surface area contributed by atoms with E-state index in [0.29, 0.717) is 16.8 Å². The van der Waals surface area contributed by atoms with Crippen molar-refractivity contribution < 1.29 is 12.8 Å². The lowest BCUT2D eigenvalue weighted by Crippen LogP contribution is -2.16. The molecule has 8 heteroatoms. The molecule has 0 unspecified atom stereocenters. The van der Waals surface area contributed by atoms with Gasteiger partial charge in [-0.15, -0.1) is 0 Å². The van der Waals surface area contributed by atoms with Crippen LogP contribution in [0.3, 0.4) is 0 Å². The van der Waals surface area contributed by atoms with Crippen molar-refractivity contribution in [2.24, 2.45) is 5.73 Å². The molecule has 21 heavy (non-hydrogen) atoms. The van der Waals surface area contributed by atoms with E-state index >= 15 is 0 Å². The molecule has 0 amide bonds. The zero-order chi connectivity index (χ0) is 15.6. The number of thiocarbonyl (C=S) groups is 1. The molecule has 0 aliphatic carbocycles. The summed E-state index contributed by atoms with van der Waals surface area (Å²) in [6.07, 6.45) is 2.00. The third-order valence-electron chi connectivity index (χ3n) is 2.76. The van der Waals surface area contributed by atoms with Crippen LogP contribution in [0.1, 0.15) is 11.1 Å². The zero-order valence-electron chi connectivity index (χ0n) is 11.0. The Morgan fingerprint density at radius 1 is 1.33 bits per heavy atom. The average Bonchev–Trinajstić information content (AvgIpc) is 2.41. The van der Waals surface area contributed by atoms with Gasteiger partial charge in [-0.3, -0.25) is 9.71 Å². The molecule has 110 valence electrons. The zero-order valence-corrected chi connectivity index (χ0v) is 12.6. The lowest BCUT2D eigenvalue weighted by molar-refractivity contribution is 0.592. The van der Waals surface area contributed by atoms with Crippen molar-refractivity contribution in [2.75, 3.05) is 4.72 Å². The Bertz CT molecular complexity index is 807. The van der Waals surface area contributed by atoms with Gasteiger partial charge in [0.2, 0.25) is 0 Å². The first-order valence-corrected chi connectivity index (χ1v) is 7.72. The fourth-order valence-corrected chi connectivity index (χ4v) is 2.85. The molecule has 2 aromatic rings. The lowest BCUT2D eigenvalue weighted by Gasteiger charge is -2.11. The maximum Gasteiger partial charge on any atom is 0.263 e. The molecule has 0 spiro atoms. The molecular formula is C13H12FN3O2S2. The van der Waals surface area contributed by atoms with Crippen molar-refractivity contribution in [3.8, 4) is 0 Å². The van der Waals surface area contributed by atoms with Crippen LogP contribution in [0.15, 0.2) is 41.6 Å². The van der Waals surface area contributed by atoms with Crippen molar-refractivity contribution >= 4 is 32.9 Å². The number of hydrogen-bond donors (Lipinski definition) is 2. The van der Waals surface area contributed by atoms with E-state index in [-0.39, 0.29) is 9.88 Å². The smallest absolute Gasteiger partial charge is 0.263 e. The number of sulfonamides is 1. The molecule has 5 nitrogen and oxygen atoms in total.